The van der Waals surface area contributed by atoms with Crippen molar-refractivity contribution in [3.8, 4) is 0 Å². The summed E-state index contributed by atoms with van der Waals surface area (Å²) in [5.41, 5.74) is -2.24. The largest absolute Gasteiger partial charge is 0.481 e. The summed E-state index contributed by atoms with van der Waals surface area (Å²) in [6.45, 7) is 7.83. The number of amides is 1. The average Bonchev–Trinajstić information content (AvgIpc) is 2.28. The van der Waals surface area contributed by atoms with E-state index in [4.69, 9.17) is 9.84 Å². The summed E-state index contributed by atoms with van der Waals surface area (Å²) in [6.07, 6.45) is 1.34. The molecule has 134 valence electrons. The molecule has 0 bridgehead atoms. The molecule has 1 amide bonds. The van der Waals surface area contributed by atoms with Crippen LogP contribution < -0.4 is 5.32 Å². The molecule has 0 spiro atoms. The van der Waals surface area contributed by atoms with Crippen LogP contribution in [-0.4, -0.2) is 75.6 Å². The summed E-state index contributed by atoms with van der Waals surface area (Å²) in [4.78, 5) is 24.6. The zero-order valence-corrected chi connectivity index (χ0v) is 15.3. The Morgan fingerprint density at radius 3 is 2.30 bits per heavy atom. The fourth-order valence-corrected chi connectivity index (χ4v) is 3.18. The van der Waals surface area contributed by atoms with E-state index in [2.05, 4.69) is 5.32 Å². The van der Waals surface area contributed by atoms with Crippen LogP contribution in [0.5, 0.6) is 0 Å². The Hall–Kier alpha value is -0.990. The summed E-state index contributed by atoms with van der Waals surface area (Å²) in [7, 11) is 0. The van der Waals surface area contributed by atoms with Gasteiger partial charge in [0.2, 0.25) is 0 Å². The molecule has 8 heteroatoms. The highest BCUT2D eigenvalue weighted by Crippen LogP contribution is 2.27. The number of ether oxygens (including phenoxy) is 1. The second kappa shape index (κ2) is 7.27. The number of hydrogen-bond acceptors (Lipinski definition) is 6. The van der Waals surface area contributed by atoms with Gasteiger partial charge in [-0.1, -0.05) is 0 Å². The van der Waals surface area contributed by atoms with Gasteiger partial charge < -0.3 is 25.2 Å². The Balaban J connectivity index is 2.63. The number of β-amino-alcohol motifs (C(OH)–C–C–N with tert-alkyl or cyclic N) is 1. The van der Waals surface area contributed by atoms with E-state index in [1.54, 1.807) is 27.7 Å². The van der Waals surface area contributed by atoms with Gasteiger partial charge in [-0.25, -0.2) is 4.79 Å². The molecule has 1 aliphatic rings. The minimum absolute atomic E-state index is 0.109. The van der Waals surface area contributed by atoms with Crippen molar-refractivity contribution in [1.82, 2.24) is 10.2 Å². The molecule has 23 heavy (non-hydrogen) atoms. The molecule has 0 saturated carbocycles. The minimum Gasteiger partial charge on any atom is -0.481 e. The highest BCUT2D eigenvalue weighted by molar-refractivity contribution is 7.98. The first-order chi connectivity index (χ1) is 10.4. The van der Waals surface area contributed by atoms with Gasteiger partial charge in [0.1, 0.15) is 5.60 Å². The molecule has 1 aliphatic heterocycles. The molecule has 1 fully saturated rings. The number of aliphatic carboxylic acids is 1. The maximum atomic E-state index is 12.0. The zero-order valence-electron chi connectivity index (χ0n) is 14.5. The first-order valence-electron chi connectivity index (χ1n) is 7.54. The van der Waals surface area contributed by atoms with Crippen molar-refractivity contribution in [3.63, 3.8) is 0 Å². The van der Waals surface area contributed by atoms with E-state index in [1.165, 1.54) is 16.7 Å². The lowest BCUT2D eigenvalue weighted by Gasteiger charge is -2.50. The van der Waals surface area contributed by atoms with Crippen LogP contribution in [-0.2, 0) is 9.53 Å². The number of likely N-dealkylation sites (tertiary alicyclic amines) is 1. The van der Waals surface area contributed by atoms with Crippen LogP contribution >= 0.6 is 11.8 Å². The summed E-state index contributed by atoms with van der Waals surface area (Å²) in [5, 5.41) is 22.5. The van der Waals surface area contributed by atoms with Gasteiger partial charge in [-0.2, -0.15) is 11.8 Å². The van der Waals surface area contributed by atoms with Crippen LogP contribution in [0.25, 0.3) is 0 Å². The number of carboxylic acids is 1. The predicted molar refractivity (Wildman–Crippen MR) is 89.8 cm³/mol. The maximum absolute atomic E-state index is 12.0. The van der Waals surface area contributed by atoms with Crippen LogP contribution in [0.2, 0.25) is 0 Å². The highest BCUT2D eigenvalue weighted by Gasteiger charge is 2.48. The van der Waals surface area contributed by atoms with Crippen molar-refractivity contribution in [2.24, 2.45) is 0 Å². The Morgan fingerprint density at radius 1 is 1.30 bits per heavy atom. The molecule has 3 N–H and O–H groups in total. The van der Waals surface area contributed by atoms with E-state index in [9.17, 15) is 14.7 Å². The van der Waals surface area contributed by atoms with Crippen molar-refractivity contribution in [1.29, 1.82) is 0 Å². The molecule has 7 nitrogen and oxygen atoms in total. The monoisotopic (exact) mass is 348 g/mol. The number of carbonyl (C=O) groups excluding carboxylic acids is 1. The van der Waals surface area contributed by atoms with E-state index in [0.717, 1.165) is 0 Å². The molecule has 0 aromatic rings. The predicted octanol–water partition coefficient (Wildman–Crippen LogP) is 1.15. The summed E-state index contributed by atoms with van der Waals surface area (Å²) >= 11 is 1.52. The van der Waals surface area contributed by atoms with Crippen molar-refractivity contribution in [2.45, 2.75) is 50.9 Å². The molecule has 0 aromatic carbocycles. The lowest BCUT2D eigenvalue weighted by molar-refractivity contribution is -0.141. The van der Waals surface area contributed by atoms with Gasteiger partial charge in [-0.15, -0.1) is 0 Å². The summed E-state index contributed by atoms with van der Waals surface area (Å²) in [5.74, 6) is -0.398. The molecule has 1 heterocycles. The Kier molecular flexibility index (Phi) is 6.34. The number of nitrogens with one attached hydrogen (secondary N) is 1. The molecule has 0 aliphatic carbocycles. The van der Waals surface area contributed by atoms with Crippen molar-refractivity contribution in [2.75, 3.05) is 31.6 Å². The summed E-state index contributed by atoms with van der Waals surface area (Å²) in [6, 6.07) is 0. The fourth-order valence-electron chi connectivity index (χ4n) is 2.46. The first kappa shape index (κ1) is 20.1. The van der Waals surface area contributed by atoms with Gasteiger partial charge in [-0.05, 0) is 34.0 Å². The maximum Gasteiger partial charge on any atom is 0.410 e. The van der Waals surface area contributed by atoms with E-state index in [0.29, 0.717) is 5.75 Å². The van der Waals surface area contributed by atoms with Gasteiger partial charge in [0.15, 0.2) is 0 Å². The second-order valence-electron chi connectivity index (χ2n) is 7.47. The quantitative estimate of drug-likeness (QED) is 0.635. The van der Waals surface area contributed by atoms with Crippen LogP contribution in [0.1, 0.15) is 34.1 Å². The SMILES string of the molecule is CSCC(C)(O)CNC1(CC(=O)O)CN(C(=O)OC(C)(C)C)C1. The molecule has 1 rings (SSSR count). The third kappa shape index (κ3) is 6.56. The van der Waals surface area contributed by atoms with Gasteiger partial charge in [0, 0.05) is 25.4 Å². The number of rotatable bonds is 7. The Labute approximate surface area is 141 Å². The van der Waals surface area contributed by atoms with Gasteiger partial charge >= 0.3 is 12.1 Å². The van der Waals surface area contributed by atoms with Gasteiger partial charge in [0.05, 0.1) is 17.6 Å². The van der Waals surface area contributed by atoms with Crippen LogP contribution in [0, 0.1) is 0 Å². The molecule has 1 saturated heterocycles. The zero-order chi connectivity index (χ0) is 17.9. The third-order valence-corrected chi connectivity index (χ3v) is 4.34. The van der Waals surface area contributed by atoms with Gasteiger partial charge in [-0.3, -0.25) is 4.79 Å². The number of thioether (sulfide) groups is 1. The molecule has 0 radical (unpaired) electrons. The van der Waals surface area contributed by atoms with E-state index >= 15 is 0 Å². The fraction of sp³-hybridized carbons (Fsp3) is 0.867. The molecular weight excluding hydrogens is 320 g/mol. The molecule has 0 aromatic heterocycles. The topological polar surface area (TPSA) is 99.1 Å². The normalized spacial score (nSPS) is 19.7. The van der Waals surface area contributed by atoms with E-state index in [-0.39, 0.29) is 26.1 Å². The van der Waals surface area contributed by atoms with Crippen LogP contribution in [0.3, 0.4) is 0 Å². The Bertz CT molecular complexity index is 442. The number of hydrogen-bond donors (Lipinski definition) is 3. The minimum atomic E-state index is -0.939. The lowest BCUT2D eigenvalue weighted by Crippen LogP contribution is -2.72. The van der Waals surface area contributed by atoms with E-state index < -0.39 is 28.8 Å². The molecule has 1 atom stereocenters. The molecular formula is C15H28N2O5S. The second-order valence-corrected chi connectivity index (χ2v) is 8.34. The van der Waals surface area contributed by atoms with Crippen LogP contribution in [0.15, 0.2) is 0 Å². The average molecular weight is 348 g/mol. The van der Waals surface area contributed by atoms with E-state index in [1.807, 2.05) is 6.26 Å². The van der Waals surface area contributed by atoms with Crippen molar-refractivity contribution in [3.05, 3.63) is 0 Å². The van der Waals surface area contributed by atoms with Gasteiger partial charge in [0.25, 0.3) is 0 Å². The smallest absolute Gasteiger partial charge is 0.410 e. The Morgan fingerprint density at radius 2 is 1.87 bits per heavy atom. The lowest BCUT2D eigenvalue weighted by atomic mass is 9.85. The number of nitrogens with zero attached hydrogens (tertiary/aromatic N) is 1. The van der Waals surface area contributed by atoms with Crippen molar-refractivity contribution >= 4 is 23.8 Å². The van der Waals surface area contributed by atoms with Crippen molar-refractivity contribution < 1.29 is 24.5 Å². The van der Waals surface area contributed by atoms with Crippen LogP contribution in [0.4, 0.5) is 4.79 Å². The molecule has 1 unspecified atom stereocenters. The summed E-state index contributed by atoms with van der Waals surface area (Å²) < 4.78 is 5.28. The number of carbonyl (C=O) groups is 2. The third-order valence-electron chi connectivity index (χ3n) is 3.43. The highest BCUT2D eigenvalue weighted by atomic mass is 32.2. The first-order valence-corrected chi connectivity index (χ1v) is 8.94. The standard InChI is InChI=1S/C15H28N2O5S/c1-13(2,3)22-12(20)17-8-15(9-17,6-11(18)19)16-7-14(4,21)10-23-5/h16,21H,6-10H2,1-5H3,(H,18,19). The number of carboxylic acid groups (broad SMARTS) is 1. The number of aliphatic hydroxyl groups is 1.